The maximum absolute atomic E-state index is 12.7. The normalized spacial score (nSPS) is 18.0. The second kappa shape index (κ2) is 7.11. The molecule has 2 atom stereocenters. The summed E-state index contributed by atoms with van der Waals surface area (Å²) in [6, 6.07) is 12.8. The van der Waals surface area contributed by atoms with Gasteiger partial charge in [0.2, 0.25) is 0 Å². The van der Waals surface area contributed by atoms with Crippen LogP contribution >= 0.6 is 0 Å². The molecule has 1 N–H and O–H groups in total. The summed E-state index contributed by atoms with van der Waals surface area (Å²) in [6.07, 6.45) is 3.83. The van der Waals surface area contributed by atoms with Crippen LogP contribution in [0.15, 0.2) is 47.4 Å². The first-order chi connectivity index (χ1) is 12.6. The Kier molecular flexibility index (Phi) is 4.68. The van der Waals surface area contributed by atoms with Crippen molar-refractivity contribution in [2.45, 2.75) is 23.8 Å². The molecule has 26 heavy (non-hydrogen) atoms. The van der Waals surface area contributed by atoms with Crippen LogP contribution in [0.25, 0.3) is 0 Å². The predicted octanol–water partition coefficient (Wildman–Crippen LogP) is 3.08. The summed E-state index contributed by atoms with van der Waals surface area (Å²) in [5.41, 5.74) is 1.61. The van der Waals surface area contributed by atoms with Crippen LogP contribution in [0.2, 0.25) is 0 Å². The molecule has 2 aromatic carbocycles. The van der Waals surface area contributed by atoms with Gasteiger partial charge in [0.15, 0.2) is 11.5 Å². The highest BCUT2D eigenvalue weighted by atomic mass is 32.2. The molecule has 1 saturated carbocycles. The lowest BCUT2D eigenvalue weighted by atomic mass is 10.0. The van der Waals surface area contributed by atoms with Crippen molar-refractivity contribution in [3.63, 3.8) is 0 Å². The van der Waals surface area contributed by atoms with Crippen molar-refractivity contribution in [2.24, 2.45) is 5.92 Å². The molecule has 0 spiro atoms. The molecule has 1 aliphatic carbocycles. The van der Waals surface area contributed by atoms with Gasteiger partial charge in [-0.15, -0.1) is 0 Å². The zero-order valence-corrected chi connectivity index (χ0v) is 15.4. The molecule has 2 aromatic rings. The number of ether oxygens (including phenoxy) is 2. The van der Waals surface area contributed by atoms with Crippen LogP contribution in [0.4, 0.5) is 0 Å². The highest BCUT2D eigenvalue weighted by Crippen LogP contribution is 2.43. The van der Waals surface area contributed by atoms with Crippen LogP contribution < -0.4 is 14.8 Å². The number of carbonyl (C=O) groups is 1. The van der Waals surface area contributed by atoms with Gasteiger partial charge in [0, 0.05) is 27.5 Å². The molecule has 1 amide bonds. The SMILES string of the molecule is C[S@@](=O)c1ccc(C(=O)N[C@@H](c2ccc3c(c2)OCCO3)C2CC2)cc1. The molecule has 1 heterocycles. The quantitative estimate of drug-likeness (QED) is 0.877. The highest BCUT2D eigenvalue weighted by molar-refractivity contribution is 7.84. The van der Waals surface area contributed by atoms with Crippen LogP contribution in [0.3, 0.4) is 0 Å². The molecule has 0 radical (unpaired) electrons. The summed E-state index contributed by atoms with van der Waals surface area (Å²) >= 11 is 0. The summed E-state index contributed by atoms with van der Waals surface area (Å²) in [4.78, 5) is 13.4. The van der Waals surface area contributed by atoms with E-state index >= 15 is 0 Å². The van der Waals surface area contributed by atoms with Crippen molar-refractivity contribution in [2.75, 3.05) is 19.5 Å². The average Bonchev–Trinajstić information content (AvgIpc) is 3.50. The number of carbonyl (C=O) groups excluding carboxylic acids is 1. The van der Waals surface area contributed by atoms with E-state index in [1.807, 2.05) is 18.2 Å². The highest BCUT2D eigenvalue weighted by Gasteiger charge is 2.34. The Labute approximate surface area is 155 Å². The zero-order chi connectivity index (χ0) is 18.1. The molecule has 136 valence electrons. The van der Waals surface area contributed by atoms with Gasteiger partial charge in [-0.25, -0.2) is 0 Å². The van der Waals surface area contributed by atoms with E-state index in [-0.39, 0.29) is 11.9 Å². The first-order valence-electron chi connectivity index (χ1n) is 8.76. The molecule has 0 aromatic heterocycles. The summed E-state index contributed by atoms with van der Waals surface area (Å²) in [5.74, 6) is 1.82. The van der Waals surface area contributed by atoms with Crippen molar-refractivity contribution in [1.29, 1.82) is 0 Å². The van der Waals surface area contributed by atoms with Gasteiger partial charge in [-0.1, -0.05) is 6.07 Å². The van der Waals surface area contributed by atoms with E-state index in [1.54, 1.807) is 30.5 Å². The maximum Gasteiger partial charge on any atom is 0.251 e. The lowest BCUT2D eigenvalue weighted by Crippen LogP contribution is -2.30. The number of amides is 1. The first kappa shape index (κ1) is 17.1. The topological polar surface area (TPSA) is 64.6 Å². The van der Waals surface area contributed by atoms with Crippen LogP contribution in [-0.2, 0) is 10.8 Å². The Hall–Kier alpha value is -2.34. The number of benzene rings is 2. The number of hydrogen-bond donors (Lipinski definition) is 1. The second-order valence-electron chi connectivity index (χ2n) is 6.67. The maximum atomic E-state index is 12.7. The smallest absolute Gasteiger partial charge is 0.251 e. The van der Waals surface area contributed by atoms with Crippen LogP contribution in [0, 0.1) is 5.92 Å². The van der Waals surface area contributed by atoms with Crippen molar-refractivity contribution in [1.82, 2.24) is 5.32 Å². The summed E-state index contributed by atoms with van der Waals surface area (Å²) in [7, 11) is -1.05. The number of fused-ring (bicyclic) bond motifs is 1. The van der Waals surface area contributed by atoms with Crippen molar-refractivity contribution in [3.05, 3.63) is 53.6 Å². The van der Waals surface area contributed by atoms with Crippen LogP contribution in [0.5, 0.6) is 11.5 Å². The number of hydrogen-bond acceptors (Lipinski definition) is 4. The van der Waals surface area contributed by atoms with Gasteiger partial charge in [0.1, 0.15) is 13.2 Å². The summed E-state index contributed by atoms with van der Waals surface area (Å²) in [5, 5.41) is 3.16. The monoisotopic (exact) mass is 371 g/mol. The van der Waals surface area contributed by atoms with E-state index in [4.69, 9.17) is 9.47 Å². The molecular formula is C20H21NO4S. The third-order valence-corrected chi connectivity index (χ3v) is 5.69. The van der Waals surface area contributed by atoms with Gasteiger partial charge in [-0.05, 0) is 60.7 Å². The zero-order valence-electron chi connectivity index (χ0n) is 14.6. The van der Waals surface area contributed by atoms with Gasteiger partial charge < -0.3 is 14.8 Å². The molecule has 1 fully saturated rings. The Balaban J connectivity index is 1.54. The minimum absolute atomic E-state index is 0.0432. The van der Waals surface area contributed by atoms with Crippen LogP contribution in [0.1, 0.15) is 34.8 Å². The van der Waals surface area contributed by atoms with E-state index in [1.165, 1.54) is 0 Å². The standard InChI is InChI=1S/C20H21NO4S/c1-26(23)16-7-4-14(5-8-16)20(22)21-19(13-2-3-13)15-6-9-17-18(12-15)25-11-10-24-17/h4-9,12-13,19H,2-3,10-11H2,1H3,(H,21,22)/t19-,26-/m1/s1. The Morgan fingerprint density at radius 2 is 1.77 bits per heavy atom. The third-order valence-electron chi connectivity index (χ3n) is 4.75. The molecule has 6 heteroatoms. The van der Waals surface area contributed by atoms with E-state index in [2.05, 4.69) is 5.32 Å². The summed E-state index contributed by atoms with van der Waals surface area (Å²) < 4.78 is 22.7. The van der Waals surface area contributed by atoms with Gasteiger partial charge in [0.25, 0.3) is 5.91 Å². The van der Waals surface area contributed by atoms with Crippen molar-refractivity contribution < 1.29 is 18.5 Å². The van der Waals surface area contributed by atoms with Crippen LogP contribution in [-0.4, -0.2) is 29.6 Å². The van der Waals surface area contributed by atoms with Gasteiger partial charge in [-0.3, -0.25) is 9.00 Å². The molecular weight excluding hydrogens is 350 g/mol. The fourth-order valence-electron chi connectivity index (χ4n) is 3.18. The largest absolute Gasteiger partial charge is 0.486 e. The molecule has 1 aliphatic heterocycles. The molecule has 0 bridgehead atoms. The molecule has 2 aliphatic rings. The van der Waals surface area contributed by atoms with Gasteiger partial charge in [0.05, 0.1) is 6.04 Å². The van der Waals surface area contributed by atoms with E-state index in [0.29, 0.717) is 29.6 Å². The molecule has 0 saturated heterocycles. The molecule has 5 nitrogen and oxygen atoms in total. The fourth-order valence-corrected chi connectivity index (χ4v) is 3.70. The molecule has 0 unspecified atom stereocenters. The van der Waals surface area contributed by atoms with E-state index < -0.39 is 10.8 Å². The predicted molar refractivity (Wildman–Crippen MR) is 99.1 cm³/mol. The summed E-state index contributed by atoms with van der Waals surface area (Å²) in [6.45, 7) is 1.11. The second-order valence-corrected chi connectivity index (χ2v) is 8.05. The fraction of sp³-hybridized carbons (Fsp3) is 0.350. The number of rotatable bonds is 5. The Bertz CT molecular complexity index is 845. The molecule has 4 rings (SSSR count). The van der Waals surface area contributed by atoms with E-state index in [0.717, 1.165) is 29.9 Å². The Morgan fingerprint density at radius 3 is 2.42 bits per heavy atom. The van der Waals surface area contributed by atoms with Crippen molar-refractivity contribution >= 4 is 16.7 Å². The van der Waals surface area contributed by atoms with E-state index in [9.17, 15) is 9.00 Å². The van der Waals surface area contributed by atoms with Gasteiger partial charge >= 0.3 is 0 Å². The minimum Gasteiger partial charge on any atom is -0.486 e. The average molecular weight is 371 g/mol. The Morgan fingerprint density at radius 1 is 1.08 bits per heavy atom. The lowest BCUT2D eigenvalue weighted by Gasteiger charge is -2.23. The van der Waals surface area contributed by atoms with Crippen molar-refractivity contribution in [3.8, 4) is 11.5 Å². The first-order valence-corrected chi connectivity index (χ1v) is 10.3. The minimum atomic E-state index is -1.05. The third kappa shape index (κ3) is 3.60. The number of nitrogens with one attached hydrogen (secondary N) is 1. The van der Waals surface area contributed by atoms with Gasteiger partial charge in [-0.2, -0.15) is 0 Å². The lowest BCUT2D eigenvalue weighted by molar-refractivity contribution is 0.0931.